The molecule has 0 fully saturated rings. The summed E-state index contributed by atoms with van der Waals surface area (Å²) >= 11 is 3.53. The van der Waals surface area contributed by atoms with Crippen LogP contribution in [-0.4, -0.2) is 28.2 Å². The standard InChI is InChI=1S/C14H20BrNO2S/c1-9-7-11(8-10(2)12(9)15)16(5)14(3,4)13(17)19(6)18/h7-8H,1-6H3. The van der Waals surface area contributed by atoms with Crippen LogP contribution < -0.4 is 4.90 Å². The number of halogens is 1. The Bertz CT molecular complexity index is 517. The van der Waals surface area contributed by atoms with Crippen LogP contribution in [-0.2, 0) is 15.6 Å². The van der Waals surface area contributed by atoms with Gasteiger partial charge in [-0.25, -0.2) is 0 Å². The lowest BCUT2D eigenvalue weighted by atomic mass is 10.0. The fourth-order valence-corrected chi connectivity index (χ4v) is 3.00. The van der Waals surface area contributed by atoms with E-state index in [0.717, 1.165) is 21.3 Å². The van der Waals surface area contributed by atoms with Gasteiger partial charge < -0.3 is 4.90 Å². The highest BCUT2D eigenvalue weighted by Gasteiger charge is 2.35. The van der Waals surface area contributed by atoms with Crippen molar-refractivity contribution in [1.29, 1.82) is 0 Å². The average Bonchev–Trinajstić information content (AvgIpc) is 2.33. The highest BCUT2D eigenvalue weighted by molar-refractivity contribution is 9.10. The highest BCUT2D eigenvalue weighted by atomic mass is 79.9. The van der Waals surface area contributed by atoms with Crippen LogP contribution in [0.1, 0.15) is 25.0 Å². The number of carbonyl (C=O) groups excluding carboxylic acids is 1. The van der Waals surface area contributed by atoms with E-state index in [2.05, 4.69) is 15.9 Å². The average molecular weight is 346 g/mol. The van der Waals surface area contributed by atoms with Crippen molar-refractivity contribution in [3.05, 3.63) is 27.7 Å². The third-order valence-electron chi connectivity index (χ3n) is 3.41. The molecule has 0 aliphatic heterocycles. The largest absolute Gasteiger partial charge is 0.361 e. The summed E-state index contributed by atoms with van der Waals surface area (Å²) in [6.45, 7) is 7.62. The predicted molar refractivity (Wildman–Crippen MR) is 85.2 cm³/mol. The van der Waals surface area contributed by atoms with Gasteiger partial charge in [0.2, 0.25) is 5.12 Å². The summed E-state index contributed by atoms with van der Waals surface area (Å²) in [4.78, 5) is 13.9. The zero-order valence-electron chi connectivity index (χ0n) is 12.2. The van der Waals surface area contributed by atoms with Gasteiger partial charge in [0, 0.05) is 23.5 Å². The molecule has 0 N–H and O–H groups in total. The van der Waals surface area contributed by atoms with E-state index in [0.29, 0.717) is 0 Å². The summed E-state index contributed by atoms with van der Waals surface area (Å²) in [6.07, 6.45) is 1.43. The molecule has 0 saturated heterocycles. The van der Waals surface area contributed by atoms with Crippen LogP contribution in [0.2, 0.25) is 0 Å². The second-order valence-electron chi connectivity index (χ2n) is 5.25. The second-order valence-corrected chi connectivity index (χ2v) is 7.33. The number of benzene rings is 1. The molecular weight excluding hydrogens is 326 g/mol. The Kier molecular flexibility index (Phi) is 4.96. The van der Waals surface area contributed by atoms with Crippen LogP contribution in [0.5, 0.6) is 0 Å². The molecule has 0 heterocycles. The number of nitrogens with zero attached hydrogens (tertiary/aromatic N) is 1. The molecule has 0 spiro atoms. The van der Waals surface area contributed by atoms with Crippen LogP contribution in [0.4, 0.5) is 5.69 Å². The maximum atomic E-state index is 12.1. The van der Waals surface area contributed by atoms with Crippen LogP contribution in [0.3, 0.4) is 0 Å². The van der Waals surface area contributed by atoms with E-state index >= 15 is 0 Å². The number of likely N-dealkylation sites (N-methyl/N-ethyl adjacent to an activating group) is 1. The molecular formula is C14H20BrNO2S. The van der Waals surface area contributed by atoms with Crippen molar-refractivity contribution < 1.29 is 9.00 Å². The van der Waals surface area contributed by atoms with Gasteiger partial charge >= 0.3 is 0 Å². The monoisotopic (exact) mass is 345 g/mol. The Morgan fingerprint density at radius 3 is 2.05 bits per heavy atom. The number of aryl methyl sites for hydroxylation is 2. The van der Waals surface area contributed by atoms with Gasteiger partial charge in [0.1, 0.15) is 5.54 Å². The van der Waals surface area contributed by atoms with Crippen molar-refractivity contribution in [3.63, 3.8) is 0 Å². The van der Waals surface area contributed by atoms with E-state index in [1.54, 1.807) is 13.8 Å². The van der Waals surface area contributed by atoms with E-state index in [1.165, 1.54) is 6.26 Å². The van der Waals surface area contributed by atoms with Crippen molar-refractivity contribution in [1.82, 2.24) is 0 Å². The first-order valence-corrected chi connectivity index (χ1v) is 8.32. The molecule has 0 radical (unpaired) electrons. The van der Waals surface area contributed by atoms with E-state index in [9.17, 15) is 9.00 Å². The maximum absolute atomic E-state index is 12.1. The molecule has 0 bridgehead atoms. The Balaban J connectivity index is 3.23. The number of carbonyl (C=O) groups is 1. The molecule has 0 aliphatic carbocycles. The Morgan fingerprint density at radius 1 is 1.26 bits per heavy atom. The SMILES string of the molecule is Cc1cc(N(C)C(C)(C)C(=O)S(C)=O)cc(C)c1Br. The van der Waals surface area contributed by atoms with E-state index < -0.39 is 16.3 Å². The molecule has 5 heteroatoms. The van der Waals surface area contributed by atoms with Crippen LogP contribution in [0, 0.1) is 13.8 Å². The first kappa shape index (κ1) is 16.4. The zero-order chi connectivity index (χ0) is 15.0. The Hall–Kier alpha value is -0.680. The summed E-state index contributed by atoms with van der Waals surface area (Å²) < 4.78 is 12.5. The maximum Gasteiger partial charge on any atom is 0.243 e. The number of rotatable bonds is 3. The molecule has 1 atom stereocenters. The van der Waals surface area contributed by atoms with Gasteiger partial charge in [0.15, 0.2) is 0 Å². The van der Waals surface area contributed by atoms with Crippen LogP contribution in [0.25, 0.3) is 0 Å². The summed E-state index contributed by atoms with van der Waals surface area (Å²) in [5, 5.41) is -0.270. The van der Waals surface area contributed by atoms with E-state index in [1.807, 2.05) is 37.9 Å². The van der Waals surface area contributed by atoms with Crippen LogP contribution >= 0.6 is 15.9 Å². The predicted octanol–water partition coefficient (Wildman–Crippen LogP) is 3.19. The Labute approximate surface area is 126 Å². The topological polar surface area (TPSA) is 37.4 Å². The summed E-state index contributed by atoms with van der Waals surface area (Å²) in [6, 6.07) is 4.04. The minimum Gasteiger partial charge on any atom is -0.361 e. The number of hydrogen-bond donors (Lipinski definition) is 0. The molecule has 106 valence electrons. The molecule has 1 unspecified atom stereocenters. The molecule has 0 aromatic heterocycles. The molecule has 19 heavy (non-hydrogen) atoms. The van der Waals surface area contributed by atoms with E-state index in [-0.39, 0.29) is 5.12 Å². The van der Waals surface area contributed by atoms with Gasteiger partial charge in [0.25, 0.3) is 0 Å². The van der Waals surface area contributed by atoms with Gasteiger partial charge in [0.05, 0.1) is 10.8 Å². The number of anilines is 1. The van der Waals surface area contributed by atoms with Crippen LogP contribution in [0.15, 0.2) is 16.6 Å². The molecule has 1 aromatic rings. The molecule has 3 nitrogen and oxygen atoms in total. The van der Waals surface area contributed by atoms with Gasteiger partial charge in [-0.1, -0.05) is 15.9 Å². The van der Waals surface area contributed by atoms with E-state index in [4.69, 9.17) is 0 Å². The molecule has 0 aliphatic rings. The molecule has 1 rings (SSSR count). The van der Waals surface area contributed by atoms with Crippen molar-refractivity contribution in [2.24, 2.45) is 0 Å². The third-order valence-corrected chi connectivity index (χ3v) is 5.68. The van der Waals surface area contributed by atoms with Gasteiger partial charge in [-0.3, -0.25) is 9.00 Å². The Morgan fingerprint density at radius 2 is 1.68 bits per heavy atom. The first-order valence-electron chi connectivity index (χ1n) is 5.97. The lowest BCUT2D eigenvalue weighted by Crippen LogP contribution is -2.49. The minimum atomic E-state index is -1.48. The summed E-state index contributed by atoms with van der Waals surface area (Å²) in [5.41, 5.74) is 2.37. The quantitative estimate of drug-likeness (QED) is 0.844. The molecule has 0 saturated carbocycles. The lowest BCUT2D eigenvalue weighted by molar-refractivity contribution is -0.115. The minimum absolute atomic E-state index is 0.270. The van der Waals surface area contributed by atoms with Crippen molar-refractivity contribution in [2.45, 2.75) is 33.2 Å². The van der Waals surface area contributed by atoms with Crippen molar-refractivity contribution in [2.75, 3.05) is 18.2 Å². The van der Waals surface area contributed by atoms with Gasteiger partial charge in [-0.2, -0.15) is 0 Å². The smallest absolute Gasteiger partial charge is 0.243 e. The third kappa shape index (κ3) is 3.26. The normalized spacial score (nSPS) is 13.2. The number of hydrogen-bond acceptors (Lipinski definition) is 3. The van der Waals surface area contributed by atoms with Gasteiger partial charge in [-0.05, 0) is 51.0 Å². The lowest BCUT2D eigenvalue weighted by Gasteiger charge is -2.35. The highest BCUT2D eigenvalue weighted by Crippen LogP contribution is 2.30. The summed E-state index contributed by atoms with van der Waals surface area (Å²) in [5.74, 6) is 0. The van der Waals surface area contributed by atoms with Gasteiger partial charge in [-0.15, -0.1) is 0 Å². The van der Waals surface area contributed by atoms with Crippen molar-refractivity contribution >= 4 is 37.5 Å². The summed E-state index contributed by atoms with van der Waals surface area (Å²) in [7, 11) is 0.375. The molecule has 1 aromatic carbocycles. The first-order chi connectivity index (χ1) is 8.59. The fraction of sp³-hybridized carbons (Fsp3) is 0.500. The molecule has 0 amide bonds. The fourth-order valence-electron chi connectivity index (χ4n) is 1.93. The van der Waals surface area contributed by atoms with Crippen molar-refractivity contribution in [3.8, 4) is 0 Å². The zero-order valence-corrected chi connectivity index (χ0v) is 14.6. The second kappa shape index (κ2) is 5.75.